The number of piperidine rings is 1. The zero-order valence-electron chi connectivity index (χ0n) is 12.6. The van der Waals surface area contributed by atoms with E-state index in [1.807, 2.05) is 23.1 Å². The lowest BCUT2D eigenvalue weighted by Gasteiger charge is -2.31. The highest BCUT2D eigenvalue weighted by Crippen LogP contribution is 2.19. The van der Waals surface area contributed by atoms with Crippen LogP contribution in [-0.2, 0) is 4.74 Å². The van der Waals surface area contributed by atoms with Gasteiger partial charge in [0.05, 0.1) is 13.2 Å². The molecule has 5 nitrogen and oxygen atoms in total. The molecule has 1 aromatic heterocycles. The van der Waals surface area contributed by atoms with Gasteiger partial charge in [-0.15, -0.1) is 0 Å². The fourth-order valence-corrected chi connectivity index (χ4v) is 3.05. The number of nitrogens with zero attached hydrogens (tertiary/aromatic N) is 3. The van der Waals surface area contributed by atoms with E-state index in [-0.39, 0.29) is 5.91 Å². The predicted octanol–water partition coefficient (Wildman–Crippen LogP) is 1.79. The van der Waals surface area contributed by atoms with Crippen LogP contribution in [0, 0.1) is 5.92 Å². The van der Waals surface area contributed by atoms with Crippen molar-refractivity contribution < 1.29 is 9.53 Å². The van der Waals surface area contributed by atoms with Crippen molar-refractivity contribution in [3.8, 4) is 0 Å². The van der Waals surface area contributed by atoms with Crippen LogP contribution in [-0.4, -0.2) is 55.2 Å². The fourth-order valence-electron chi connectivity index (χ4n) is 3.05. The lowest BCUT2D eigenvalue weighted by atomic mass is 10.00. The molecule has 0 aliphatic carbocycles. The predicted molar refractivity (Wildman–Crippen MR) is 81.6 cm³/mol. The van der Waals surface area contributed by atoms with E-state index in [2.05, 4.69) is 16.8 Å². The van der Waals surface area contributed by atoms with E-state index >= 15 is 0 Å². The lowest BCUT2D eigenvalue weighted by Crippen LogP contribution is -2.40. The molecule has 1 amide bonds. The quantitative estimate of drug-likeness (QED) is 0.833. The van der Waals surface area contributed by atoms with Crippen LogP contribution in [0.25, 0.3) is 0 Å². The SMILES string of the molecule is CC1CCCN(C(=O)c2cccc(N3CCOCC3)n2)C1. The molecule has 0 spiro atoms. The second kappa shape index (κ2) is 6.43. The molecule has 1 atom stereocenters. The molecule has 21 heavy (non-hydrogen) atoms. The summed E-state index contributed by atoms with van der Waals surface area (Å²) in [6, 6.07) is 5.73. The van der Waals surface area contributed by atoms with Gasteiger partial charge in [-0.1, -0.05) is 13.0 Å². The van der Waals surface area contributed by atoms with Crippen LogP contribution in [0.1, 0.15) is 30.3 Å². The van der Waals surface area contributed by atoms with Crippen molar-refractivity contribution in [3.05, 3.63) is 23.9 Å². The summed E-state index contributed by atoms with van der Waals surface area (Å²) in [5, 5.41) is 0. The van der Waals surface area contributed by atoms with Gasteiger partial charge in [0.1, 0.15) is 11.5 Å². The summed E-state index contributed by atoms with van der Waals surface area (Å²) in [6.07, 6.45) is 2.31. The van der Waals surface area contributed by atoms with E-state index in [4.69, 9.17) is 4.74 Å². The summed E-state index contributed by atoms with van der Waals surface area (Å²) in [6.45, 7) is 7.04. The van der Waals surface area contributed by atoms with Crippen molar-refractivity contribution in [1.29, 1.82) is 0 Å². The minimum absolute atomic E-state index is 0.0664. The Morgan fingerprint density at radius 2 is 2.10 bits per heavy atom. The number of aromatic nitrogens is 1. The first-order valence-corrected chi connectivity index (χ1v) is 7.83. The Hall–Kier alpha value is -1.62. The summed E-state index contributed by atoms with van der Waals surface area (Å²) < 4.78 is 5.36. The third kappa shape index (κ3) is 3.35. The Bertz CT molecular complexity index is 500. The number of carbonyl (C=O) groups excluding carboxylic acids is 1. The van der Waals surface area contributed by atoms with Crippen molar-refractivity contribution in [2.24, 2.45) is 5.92 Å². The average molecular weight is 289 g/mol. The van der Waals surface area contributed by atoms with Crippen LogP contribution in [0.15, 0.2) is 18.2 Å². The van der Waals surface area contributed by atoms with Crippen molar-refractivity contribution in [2.45, 2.75) is 19.8 Å². The van der Waals surface area contributed by atoms with Gasteiger partial charge in [-0.3, -0.25) is 4.79 Å². The van der Waals surface area contributed by atoms with Crippen LogP contribution < -0.4 is 4.90 Å². The highest BCUT2D eigenvalue weighted by atomic mass is 16.5. The molecule has 0 bridgehead atoms. The summed E-state index contributed by atoms with van der Waals surface area (Å²) in [4.78, 5) is 21.3. The zero-order chi connectivity index (χ0) is 14.7. The third-order valence-electron chi connectivity index (χ3n) is 4.23. The molecule has 3 heterocycles. The Balaban J connectivity index is 1.74. The molecule has 1 aromatic rings. The van der Waals surface area contributed by atoms with Crippen LogP contribution in [0.4, 0.5) is 5.82 Å². The molecule has 0 N–H and O–H groups in total. The molecule has 2 aliphatic heterocycles. The van der Waals surface area contributed by atoms with Gasteiger partial charge in [-0.2, -0.15) is 0 Å². The van der Waals surface area contributed by atoms with E-state index in [1.165, 1.54) is 6.42 Å². The lowest BCUT2D eigenvalue weighted by molar-refractivity contribution is 0.0677. The van der Waals surface area contributed by atoms with Gasteiger partial charge in [0.25, 0.3) is 5.91 Å². The van der Waals surface area contributed by atoms with Crippen LogP contribution in [0.5, 0.6) is 0 Å². The van der Waals surface area contributed by atoms with Gasteiger partial charge >= 0.3 is 0 Å². The molecule has 0 aromatic carbocycles. The van der Waals surface area contributed by atoms with Gasteiger partial charge in [0.2, 0.25) is 0 Å². The molecule has 0 saturated carbocycles. The van der Waals surface area contributed by atoms with Gasteiger partial charge in [-0.25, -0.2) is 4.98 Å². The number of carbonyl (C=O) groups is 1. The minimum atomic E-state index is 0.0664. The maximum absolute atomic E-state index is 12.6. The zero-order valence-corrected chi connectivity index (χ0v) is 12.6. The normalized spacial score (nSPS) is 23.2. The highest BCUT2D eigenvalue weighted by Gasteiger charge is 2.23. The first-order valence-electron chi connectivity index (χ1n) is 7.83. The Kier molecular flexibility index (Phi) is 4.39. The first kappa shape index (κ1) is 14.3. The molecule has 2 aliphatic rings. The van der Waals surface area contributed by atoms with Gasteiger partial charge in [0, 0.05) is 26.2 Å². The number of hydrogen-bond acceptors (Lipinski definition) is 4. The van der Waals surface area contributed by atoms with Gasteiger partial charge in [0.15, 0.2) is 0 Å². The highest BCUT2D eigenvalue weighted by molar-refractivity contribution is 5.92. The van der Waals surface area contributed by atoms with Crippen molar-refractivity contribution in [2.75, 3.05) is 44.3 Å². The monoisotopic (exact) mass is 289 g/mol. The molecule has 1 unspecified atom stereocenters. The van der Waals surface area contributed by atoms with Crippen molar-refractivity contribution >= 4 is 11.7 Å². The number of rotatable bonds is 2. The second-order valence-electron chi connectivity index (χ2n) is 5.98. The summed E-state index contributed by atoms with van der Waals surface area (Å²) >= 11 is 0. The number of anilines is 1. The Labute approximate surface area is 125 Å². The third-order valence-corrected chi connectivity index (χ3v) is 4.23. The minimum Gasteiger partial charge on any atom is -0.378 e. The molecule has 5 heteroatoms. The molecule has 2 saturated heterocycles. The number of hydrogen-bond donors (Lipinski definition) is 0. The van der Waals surface area contributed by atoms with E-state index in [0.29, 0.717) is 11.6 Å². The molecule has 114 valence electrons. The van der Waals surface area contributed by atoms with Crippen LogP contribution in [0.3, 0.4) is 0 Å². The maximum atomic E-state index is 12.6. The maximum Gasteiger partial charge on any atom is 0.272 e. The average Bonchev–Trinajstić information content (AvgIpc) is 2.55. The molecular weight excluding hydrogens is 266 g/mol. The van der Waals surface area contributed by atoms with Gasteiger partial charge in [-0.05, 0) is 30.9 Å². The molecule has 2 fully saturated rings. The van der Waals surface area contributed by atoms with E-state index in [1.54, 1.807) is 0 Å². The topological polar surface area (TPSA) is 45.7 Å². The fraction of sp³-hybridized carbons (Fsp3) is 0.625. The largest absolute Gasteiger partial charge is 0.378 e. The molecule has 3 rings (SSSR count). The van der Waals surface area contributed by atoms with Gasteiger partial charge < -0.3 is 14.5 Å². The van der Waals surface area contributed by atoms with E-state index in [9.17, 15) is 4.79 Å². The first-order chi connectivity index (χ1) is 10.2. The molecule has 0 radical (unpaired) electrons. The summed E-state index contributed by atoms with van der Waals surface area (Å²) in [5.41, 5.74) is 0.563. The van der Waals surface area contributed by atoms with E-state index in [0.717, 1.165) is 51.6 Å². The summed E-state index contributed by atoms with van der Waals surface area (Å²) in [5.74, 6) is 1.54. The van der Waals surface area contributed by atoms with Crippen molar-refractivity contribution in [1.82, 2.24) is 9.88 Å². The number of pyridine rings is 1. The van der Waals surface area contributed by atoms with Crippen LogP contribution >= 0.6 is 0 Å². The van der Waals surface area contributed by atoms with Crippen molar-refractivity contribution in [3.63, 3.8) is 0 Å². The smallest absolute Gasteiger partial charge is 0.272 e. The Morgan fingerprint density at radius 1 is 1.29 bits per heavy atom. The number of amides is 1. The number of morpholine rings is 1. The number of ether oxygens (including phenoxy) is 1. The van der Waals surface area contributed by atoms with Crippen LogP contribution in [0.2, 0.25) is 0 Å². The number of likely N-dealkylation sites (tertiary alicyclic amines) is 1. The Morgan fingerprint density at radius 3 is 2.86 bits per heavy atom. The van der Waals surface area contributed by atoms with E-state index < -0.39 is 0 Å². The summed E-state index contributed by atoms with van der Waals surface area (Å²) in [7, 11) is 0. The second-order valence-corrected chi connectivity index (χ2v) is 5.98. The standard InChI is InChI=1S/C16H23N3O2/c1-13-4-3-7-19(12-13)16(20)14-5-2-6-15(17-14)18-8-10-21-11-9-18/h2,5-6,13H,3-4,7-12H2,1H3. The molecular formula is C16H23N3O2.